The molecular formula is C16H15N3O4. The van der Waals surface area contributed by atoms with Gasteiger partial charge in [-0.15, -0.1) is 0 Å². The molecule has 0 fully saturated rings. The van der Waals surface area contributed by atoms with Crippen LogP contribution >= 0.6 is 0 Å². The fraction of sp³-hybridized carbons (Fsp3) is 0.0625. The lowest BCUT2D eigenvalue weighted by molar-refractivity contribution is -0.141. The number of hydrogen-bond donors (Lipinski definition) is 4. The number of nitrogens with one attached hydrogen (secondary N) is 2. The predicted molar refractivity (Wildman–Crippen MR) is 83.7 cm³/mol. The highest BCUT2D eigenvalue weighted by Gasteiger charge is 2.21. The summed E-state index contributed by atoms with van der Waals surface area (Å²) in [5, 5.41) is 19.0. The van der Waals surface area contributed by atoms with E-state index in [1.54, 1.807) is 12.1 Å². The molecule has 2 rings (SSSR count). The van der Waals surface area contributed by atoms with Crippen LogP contribution in [0.3, 0.4) is 0 Å². The van der Waals surface area contributed by atoms with E-state index in [1.165, 1.54) is 42.7 Å². The van der Waals surface area contributed by atoms with E-state index in [0.29, 0.717) is 16.9 Å². The van der Waals surface area contributed by atoms with Gasteiger partial charge in [0.1, 0.15) is 11.6 Å². The Morgan fingerprint density at radius 3 is 2.48 bits per heavy atom. The van der Waals surface area contributed by atoms with Crippen molar-refractivity contribution in [3.05, 3.63) is 65.6 Å². The first kappa shape index (κ1) is 16.0. The van der Waals surface area contributed by atoms with Crippen molar-refractivity contribution in [2.24, 2.45) is 5.73 Å². The van der Waals surface area contributed by atoms with Gasteiger partial charge in [0.05, 0.1) is 6.26 Å². The van der Waals surface area contributed by atoms with Gasteiger partial charge in [0.2, 0.25) is 5.91 Å². The first-order valence-electron chi connectivity index (χ1n) is 6.66. The molecule has 0 radical (unpaired) electrons. The molecule has 5 N–H and O–H groups in total. The Labute approximate surface area is 131 Å². The van der Waals surface area contributed by atoms with Gasteiger partial charge in [-0.05, 0) is 23.8 Å². The number of furan rings is 1. The van der Waals surface area contributed by atoms with E-state index >= 15 is 0 Å². The number of carbonyl (C=O) groups is 2. The molecule has 2 aromatic rings. The minimum absolute atomic E-state index is 0.117. The summed E-state index contributed by atoms with van der Waals surface area (Å²) in [7, 11) is 0. The minimum atomic E-state index is -1.20. The van der Waals surface area contributed by atoms with Gasteiger partial charge in [-0.25, -0.2) is 4.79 Å². The van der Waals surface area contributed by atoms with E-state index < -0.39 is 17.9 Å². The van der Waals surface area contributed by atoms with Crippen molar-refractivity contribution in [2.75, 3.05) is 0 Å². The van der Waals surface area contributed by atoms with Crippen molar-refractivity contribution in [1.29, 1.82) is 5.41 Å². The zero-order valence-electron chi connectivity index (χ0n) is 12.0. The van der Waals surface area contributed by atoms with E-state index in [1.807, 2.05) is 0 Å². The summed E-state index contributed by atoms with van der Waals surface area (Å²) in [6.45, 7) is 0. The zero-order chi connectivity index (χ0) is 16.8. The molecule has 1 unspecified atom stereocenters. The third-order valence-corrected chi connectivity index (χ3v) is 3.03. The van der Waals surface area contributed by atoms with Crippen LogP contribution in [0.25, 0.3) is 6.08 Å². The zero-order valence-corrected chi connectivity index (χ0v) is 12.0. The maximum atomic E-state index is 11.8. The second-order valence-corrected chi connectivity index (χ2v) is 4.66. The second-order valence-electron chi connectivity index (χ2n) is 4.66. The van der Waals surface area contributed by atoms with Crippen LogP contribution in [-0.4, -0.2) is 22.8 Å². The van der Waals surface area contributed by atoms with Gasteiger partial charge in [-0.2, -0.15) is 0 Å². The molecule has 7 heteroatoms. The quantitative estimate of drug-likeness (QED) is 0.365. The van der Waals surface area contributed by atoms with Crippen molar-refractivity contribution in [1.82, 2.24) is 5.32 Å². The lowest BCUT2D eigenvalue weighted by atomic mass is 10.0. The van der Waals surface area contributed by atoms with Crippen LogP contribution in [0.4, 0.5) is 0 Å². The first-order valence-corrected chi connectivity index (χ1v) is 6.66. The van der Waals surface area contributed by atoms with Crippen LogP contribution in [0, 0.1) is 5.41 Å². The number of carboxylic acid groups (broad SMARTS) is 1. The molecular weight excluding hydrogens is 298 g/mol. The van der Waals surface area contributed by atoms with Gasteiger partial charge in [-0.1, -0.05) is 24.3 Å². The third kappa shape index (κ3) is 4.31. The number of hydrogen-bond acceptors (Lipinski definition) is 4. The molecule has 0 aliphatic rings. The normalized spacial score (nSPS) is 12.0. The summed E-state index contributed by atoms with van der Waals surface area (Å²) in [4.78, 5) is 23.2. The average molecular weight is 313 g/mol. The molecule has 0 saturated carbocycles. The number of nitrogen functional groups attached to an aromatic ring is 1. The van der Waals surface area contributed by atoms with Gasteiger partial charge in [-0.3, -0.25) is 10.2 Å². The largest absolute Gasteiger partial charge is 0.479 e. The molecule has 1 amide bonds. The molecule has 0 spiro atoms. The number of carboxylic acids is 1. The van der Waals surface area contributed by atoms with Crippen LogP contribution in [0.5, 0.6) is 0 Å². The summed E-state index contributed by atoms with van der Waals surface area (Å²) < 4.78 is 5.04. The second kappa shape index (κ2) is 7.08. The van der Waals surface area contributed by atoms with Gasteiger partial charge >= 0.3 is 5.97 Å². The highest BCUT2D eigenvalue weighted by molar-refractivity contribution is 5.96. The smallest absolute Gasteiger partial charge is 0.330 e. The lowest BCUT2D eigenvalue weighted by Gasteiger charge is -2.14. The summed E-state index contributed by atoms with van der Waals surface area (Å²) in [5.74, 6) is -1.39. The average Bonchev–Trinajstić information content (AvgIpc) is 3.04. The van der Waals surface area contributed by atoms with Crippen LogP contribution in [-0.2, 0) is 9.59 Å². The van der Waals surface area contributed by atoms with Crippen LogP contribution in [0.1, 0.15) is 22.9 Å². The Bertz CT molecular complexity index is 733. The van der Waals surface area contributed by atoms with E-state index in [0.717, 1.165) is 0 Å². The highest BCUT2D eigenvalue weighted by Crippen LogP contribution is 2.14. The lowest BCUT2D eigenvalue weighted by Crippen LogP contribution is -2.32. The SMILES string of the molecule is N=C(N)c1ccc(C(NC(=O)C=Cc2ccco2)C(=O)O)cc1. The molecule has 7 nitrogen and oxygen atoms in total. The predicted octanol–water partition coefficient (Wildman–Crippen LogP) is 1.52. The maximum absolute atomic E-state index is 11.8. The number of aliphatic carboxylic acids is 1. The Kier molecular flexibility index (Phi) is 4.93. The summed E-state index contributed by atoms with van der Waals surface area (Å²) in [6.07, 6.45) is 4.10. The van der Waals surface area contributed by atoms with Crippen molar-refractivity contribution >= 4 is 23.8 Å². The Hall–Kier alpha value is -3.35. The Balaban J connectivity index is 2.10. The molecule has 118 valence electrons. The van der Waals surface area contributed by atoms with E-state index in [9.17, 15) is 14.7 Å². The number of amidine groups is 1. The molecule has 0 aliphatic heterocycles. The Morgan fingerprint density at radius 1 is 1.26 bits per heavy atom. The van der Waals surface area contributed by atoms with Crippen molar-refractivity contribution in [3.8, 4) is 0 Å². The van der Waals surface area contributed by atoms with E-state index in [4.69, 9.17) is 15.6 Å². The third-order valence-electron chi connectivity index (χ3n) is 3.03. The van der Waals surface area contributed by atoms with Gasteiger partial charge < -0.3 is 20.6 Å². The van der Waals surface area contributed by atoms with Crippen LogP contribution in [0.15, 0.2) is 53.2 Å². The molecule has 0 saturated heterocycles. The monoisotopic (exact) mass is 313 g/mol. The molecule has 1 atom stereocenters. The van der Waals surface area contributed by atoms with Crippen molar-refractivity contribution in [3.63, 3.8) is 0 Å². The molecule has 23 heavy (non-hydrogen) atoms. The number of nitrogens with two attached hydrogens (primary N) is 1. The summed E-state index contributed by atoms with van der Waals surface area (Å²) in [6, 6.07) is 8.20. The van der Waals surface area contributed by atoms with Gasteiger partial charge in [0, 0.05) is 11.6 Å². The molecule has 1 aromatic heterocycles. The van der Waals surface area contributed by atoms with Crippen molar-refractivity contribution < 1.29 is 19.1 Å². The fourth-order valence-corrected chi connectivity index (χ4v) is 1.88. The Morgan fingerprint density at radius 2 is 1.96 bits per heavy atom. The summed E-state index contributed by atoms with van der Waals surface area (Å²) >= 11 is 0. The first-order chi connectivity index (χ1) is 11.0. The number of benzene rings is 1. The van der Waals surface area contributed by atoms with Gasteiger partial charge in [0.25, 0.3) is 0 Å². The standard InChI is InChI=1S/C16H15N3O4/c17-15(18)11-5-3-10(4-6-11)14(16(21)22)19-13(20)8-7-12-2-1-9-23-12/h1-9,14H,(H3,17,18)(H,19,20)(H,21,22). The molecule has 0 aliphatic carbocycles. The summed E-state index contributed by atoms with van der Waals surface area (Å²) in [5.41, 5.74) is 6.20. The molecule has 0 bridgehead atoms. The minimum Gasteiger partial charge on any atom is -0.479 e. The molecule has 1 heterocycles. The molecule has 1 aromatic carbocycles. The van der Waals surface area contributed by atoms with Gasteiger partial charge in [0.15, 0.2) is 6.04 Å². The highest BCUT2D eigenvalue weighted by atomic mass is 16.4. The van der Waals surface area contributed by atoms with E-state index in [2.05, 4.69) is 5.32 Å². The fourth-order valence-electron chi connectivity index (χ4n) is 1.88. The van der Waals surface area contributed by atoms with Crippen molar-refractivity contribution in [2.45, 2.75) is 6.04 Å². The van der Waals surface area contributed by atoms with Crippen LogP contribution in [0.2, 0.25) is 0 Å². The number of amides is 1. The number of rotatable bonds is 6. The van der Waals surface area contributed by atoms with Crippen LogP contribution < -0.4 is 11.1 Å². The van der Waals surface area contributed by atoms with E-state index in [-0.39, 0.29) is 5.84 Å². The number of carbonyl (C=O) groups excluding carboxylic acids is 1. The maximum Gasteiger partial charge on any atom is 0.330 e. The topological polar surface area (TPSA) is 129 Å².